The molecule has 2 aromatic carbocycles. The van der Waals surface area contributed by atoms with Crippen LogP contribution in [-0.2, 0) is 22.7 Å². The maximum absolute atomic E-state index is 13.2. The summed E-state index contributed by atoms with van der Waals surface area (Å²) in [6, 6.07) is 12.0. The first kappa shape index (κ1) is 19.3. The summed E-state index contributed by atoms with van der Waals surface area (Å²) < 4.78 is 50.3. The van der Waals surface area contributed by atoms with E-state index in [1.54, 1.807) is 0 Å². The van der Waals surface area contributed by atoms with E-state index in [4.69, 9.17) is 26.2 Å². The number of hydrogen-bond acceptors (Lipinski definition) is 3. The Hall–Kier alpha value is -2.51. The molecule has 0 amide bonds. The van der Waals surface area contributed by atoms with Crippen molar-refractivity contribution < 1.29 is 32.5 Å². The molecule has 0 bridgehead atoms. The van der Waals surface area contributed by atoms with Gasteiger partial charge >= 0.3 is 12.1 Å². The predicted octanol–water partition coefficient (Wildman–Crippen LogP) is 4.85. The van der Waals surface area contributed by atoms with Crippen LogP contribution in [0.2, 0.25) is 5.02 Å². The van der Waals surface area contributed by atoms with Gasteiger partial charge in [0.15, 0.2) is 0 Å². The molecule has 1 heterocycles. The summed E-state index contributed by atoms with van der Waals surface area (Å²) in [7, 11) is 0. The molecule has 0 saturated carbocycles. The Bertz CT molecular complexity index is 879. The Morgan fingerprint density at radius 2 is 1.89 bits per heavy atom. The van der Waals surface area contributed by atoms with Gasteiger partial charge in [0.05, 0.1) is 18.8 Å². The van der Waals surface area contributed by atoms with Crippen molar-refractivity contribution in [2.45, 2.75) is 25.5 Å². The lowest BCUT2D eigenvalue weighted by Crippen LogP contribution is -2.40. The zero-order valence-corrected chi connectivity index (χ0v) is 14.6. The Morgan fingerprint density at radius 1 is 1.19 bits per heavy atom. The lowest BCUT2D eigenvalue weighted by Gasteiger charge is -2.28. The summed E-state index contributed by atoms with van der Waals surface area (Å²) in [5, 5.41) is 9.34. The van der Waals surface area contributed by atoms with Crippen molar-refractivity contribution in [3.05, 3.63) is 69.8 Å². The number of benzene rings is 2. The van der Waals surface area contributed by atoms with Gasteiger partial charge in [-0.2, -0.15) is 13.2 Å². The molecule has 0 spiro atoms. The zero-order chi connectivity index (χ0) is 19.6. The van der Waals surface area contributed by atoms with Crippen molar-refractivity contribution in [1.82, 2.24) is 0 Å². The number of carbonyl (C=O) groups is 1. The molecule has 0 fully saturated rings. The van der Waals surface area contributed by atoms with Crippen LogP contribution in [0.1, 0.15) is 16.7 Å². The highest BCUT2D eigenvalue weighted by atomic mass is 35.5. The molecule has 1 N–H and O–H groups in total. The molecule has 3 rings (SSSR count). The van der Waals surface area contributed by atoms with Crippen LogP contribution in [0, 0.1) is 0 Å². The highest BCUT2D eigenvalue weighted by Crippen LogP contribution is 2.40. The van der Waals surface area contributed by atoms with Crippen molar-refractivity contribution in [3.63, 3.8) is 0 Å². The molecule has 1 aliphatic heterocycles. The molecular weight excluding hydrogens is 385 g/mol. The van der Waals surface area contributed by atoms with Gasteiger partial charge in [0.2, 0.25) is 6.10 Å². The topological polar surface area (TPSA) is 55.8 Å². The van der Waals surface area contributed by atoms with Gasteiger partial charge in [0.25, 0.3) is 0 Å². The van der Waals surface area contributed by atoms with E-state index in [2.05, 4.69) is 0 Å². The SMILES string of the molecule is O=C(O)C1=Cc2cc(Cl)cc(COCc3ccccc3)c2OC1C(F)(F)F. The zero-order valence-electron chi connectivity index (χ0n) is 13.8. The van der Waals surface area contributed by atoms with Crippen LogP contribution in [0.5, 0.6) is 5.75 Å². The fraction of sp³-hybridized carbons (Fsp3) is 0.211. The summed E-state index contributed by atoms with van der Waals surface area (Å²) in [4.78, 5) is 11.2. The molecule has 0 saturated heterocycles. The molecular formula is C19H14ClF3O4. The number of carboxylic acid groups (broad SMARTS) is 1. The van der Waals surface area contributed by atoms with Crippen molar-refractivity contribution in [1.29, 1.82) is 0 Å². The second kappa shape index (κ2) is 7.62. The average Bonchev–Trinajstić information content (AvgIpc) is 2.60. The third-order valence-electron chi connectivity index (χ3n) is 3.90. The van der Waals surface area contributed by atoms with Gasteiger partial charge in [0.1, 0.15) is 5.75 Å². The van der Waals surface area contributed by atoms with Crippen LogP contribution in [0.25, 0.3) is 6.08 Å². The minimum Gasteiger partial charge on any atom is -0.478 e. The van der Waals surface area contributed by atoms with Crippen LogP contribution >= 0.6 is 11.6 Å². The minimum absolute atomic E-state index is 0.0430. The summed E-state index contributed by atoms with van der Waals surface area (Å²) >= 11 is 6.02. The summed E-state index contributed by atoms with van der Waals surface area (Å²) in [6.45, 7) is 0.208. The molecule has 142 valence electrons. The van der Waals surface area contributed by atoms with E-state index in [9.17, 15) is 18.0 Å². The van der Waals surface area contributed by atoms with Crippen molar-refractivity contribution in [2.75, 3.05) is 0 Å². The smallest absolute Gasteiger partial charge is 0.430 e. The third kappa shape index (κ3) is 4.43. The maximum atomic E-state index is 13.2. The molecule has 0 aliphatic carbocycles. The third-order valence-corrected chi connectivity index (χ3v) is 4.12. The molecule has 27 heavy (non-hydrogen) atoms. The maximum Gasteiger partial charge on any atom is 0.430 e. The van der Waals surface area contributed by atoms with E-state index < -0.39 is 23.8 Å². The van der Waals surface area contributed by atoms with E-state index in [0.29, 0.717) is 5.56 Å². The van der Waals surface area contributed by atoms with Crippen LogP contribution in [0.15, 0.2) is 48.0 Å². The second-order valence-corrected chi connectivity index (χ2v) is 6.34. The minimum atomic E-state index is -4.87. The number of carboxylic acids is 1. The van der Waals surface area contributed by atoms with E-state index in [0.717, 1.165) is 11.6 Å². The number of alkyl halides is 3. The van der Waals surface area contributed by atoms with Gasteiger partial charge in [-0.05, 0) is 23.8 Å². The fourth-order valence-electron chi connectivity index (χ4n) is 2.73. The van der Waals surface area contributed by atoms with Crippen LogP contribution in [-0.4, -0.2) is 23.4 Å². The molecule has 1 aliphatic rings. The molecule has 8 heteroatoms. The van der Waals surface area contributed by atoms with Crippen molar-refractivity contribution in [2.24, 2.45) is 0 Å². The monoisotopic (exact) mass is 398 g/mol. The Balaban J connectivity index is 1.89. The Labute approximate surface area is 157 Å². The van der Waals surface area contributed by atoms with Crippen molar-refractivity contribution >= 4 is 23.6 Å². The number of hydrogen-bond donors (Lipinski definition) is 1. The van der Waals surface area contributed by atoms with Gasteiger partial charge < -0.3 is 14.6 Å². The van der Waals surface area contributed by atoms with E-state index in [1.807, 2.05) is 30.3 Å². The second-order valence-electron chi connectivity index (χ2n) is 5.91. The molecule has 2 aromatic rings. The van der Waals surface area contributed by atoms with Crippen LogP contribution in [0.3, 0.4) is 0 Å². The molecule has 0 aromatic heterocycles. The first-order valence-electron chi connectivity index (χ1n) is 7.88. The first-order chi connectivity index (χ1) is 12.8. The summed E-state index contributed by atoms with van der Waals surface area (Å²) in [5.74, 6) is -1.79. The van der Waals surface area contributed by atoms with E-state index in [1.165, 1.54) is 12.1 Å². The van der Waals surface area contributed by atoms with E-state index in [-0.39, 0.29) is 29.5 Å². The lowest BCUT2D eigenvalue weighted by molar-refractivity contribution is -0.187. The fourth-order valence-corrected chi connectivity index (χ4v) is 2.98. The molecule has 1 atom stereocenters. The van der Waals surface area contributed by atoms with Crippen LogP contribution < -0.4 is 4.74 Å². The molecule has 4 nitrogen and oxygen atoms in total. The summed E-state index contributed by atoms with van der Waals surface area (Å²) in [6.07, 6.45) is -6.49. The first-order valence-corrected chi connectivity index (χ1v) is 8.26. The highest BCUT2D eigenvalue weighted by molar-refractivity contribution is 6.30. The predicted molar refractivity (Wildman–Crippen MR) is 92.5 cm³/mol. The highest BCUT2D eigenvalue weighted by Gasteiger charge is 2.48. The van der Waals surface area contributed by atoms with Gasteiger partial charge in [-0.25, -0.2) is 4.79 Å². The Morgan fingerprint density at radius 3 is 2.52 bits per heavy atom. The number of fused-ring (bicyclic) bond motifs is 1. The van der Waals surface area contributed by atoms with E-state index >= 15 is 0 Å². The molecule has 1 unspecified atom stereocenters. The average molecular weight is 399 g/mol. The Kier molecular flexibility index (Phi) is 5.43. The number of aliphatic carboxylic acids is 1. The quantitative estimate of drug-likeness (QED) is 0.782. The van der Waals surface area contributed by atoms with Crippen molar-refractivity contribution in [3.8, 4) is 5.75 Å². The van der Waals surface area contributed by atoms with Crippen LogP contribution in [0.4, 0.5) is 13.2 Å². The standard InChI is InChI=1S/C19H14ClF3O4/c20-14-6-12-8-15(18(24)25)17(19(21,22)23)27-16(12)13(7-14)10-26-9-11-4-2-1-3-5-11/h1-8,17H,9-10H2,(H,24,25). The van der Waals surface area contributed by atoms with Gasteiger partial charge in [-0.1, -0.05) is 41.9 Å². The summed E-state index contributed by atoms with van der Waals surface area (Å²) in [5.41, 5.74) is 0.478. The lowest BCUT2D eigenvalue weighted by atomic mass is 9.99. The normalized spacial score (nSPS) is 16.3. The van der Waals surface area contributed by atoms with Gasteiger partial charge in [-0.3, -0.25) is 0 Å². The van der Waals surface area contributed by atoms with Gasteiger partial charge in [-0.15, -0.1) is 0 Å². The number of ether oxygens (including phenoxy) is 2. The largest absolute Gasteiger partial charge is 0.478 e. The molecule has 0 radical (unpaired) electrons. The number of rotatable bonds is 5. The number of halogens is 4. The van der Waals surface area contributed by atoms with Gasteiger partial charge in [0, 0.05) is 16.1 Å².